The number of benzene rings is 3. The van der Waals surface area contributed by atoms with E-state index in [4.69, 9.17) is 4.74 Å². The van der Waals surface area contributed by atoms with Gasteiger partial charge in [-0.2, -0.15) is 0 Å². The Kier molecular flexibility index (Phi) is 6.42. The Hall–Kier alpha value is -3.32. The van der Waals surface area contributed by atoms with E-state index in [-0.39, 0.29) is 22.4 Å². The van der Waals surface area contributed by atoms with E-state index in [1.807, 2.05) is 31.2 Å². The fourth-order valence-electron chi connectivity index (χ4n) is 3.13. The first kappa shape index (κ1) is 21.4. The predicted molar refractivity (Wildman–Crippen MR) is 117 cm³/mol. The summed E-state index contributed by atoms with van der Waals surface area (Å²) in [6.07, 6.45) is 0. The van der Waals surface area contributed by atoms with E-state index in [0.717, 1.165) is 5.56 Å². The second-order valence-corrected chi connectivity index (χ2v) is 8.54. The van der Waals surface area contributed by atoms with Gasteiger partial charge in [-0.15, -0.1) is 0 Å². The Labute approximate surface area is 177 Å². The zero-order chi connectivity index (χ0) is 21.7. The number of amides is 1. The fraction of sp³-hybridized carbons (Fsp3) is 0.174. The summed E-state index contributed by atoms with van der Waals surface area (Å²) in [4.78, 5) is 12.9. The maximum absolute atomic E-state index is 12.9. The fourth-order valence-corrected chi connectivity index (χ4v) is 4.46. The molecule has 0 aromatic heterocycles. The van der Waals surface area contributed by atoms with Crippen molar-refractivity contribution in [1.82, 2.24) is 5.32 Å². The van der Waals surface area contributed by atoms with Crippen molar-refractivity contribution in [1.29, 1.82) is 0 Å². The van der Waals surface area contributed by atoms with Crippen molar-refractivity contribution in [3.8, 4) is 5.75 Å². The van der Waals surface area contributed by atoms with Crippen LogP contribution in [0.1, 0.15) is 34.5 Å². The summed E-state index contributed by atoms with van der Waals surface area (Å²) in [6, 6.07) is 20.4. The maximum Gasteiger partial charge on any atom is 0.262 e. The van der Waals surface area contributed by atoms with Crippen LogP contribution in [0.2, 0.25) is 0 Å². The molecule has 1 atom stereocenters. The van der Waals surface area contributed by atoms with Gasteiger partial charge < -0.3 is 10.1 Å². The summed E-state index contributed by atoms with van der Waals surface area (Å²) in [5.41, 5.74) is 2.10. The molecule has 0 saturated heterocycles. The van der Waals surface area contributed by atoms with Crippen molar-refractivity contribution in [2.75, 3.05) is 11.8 Å². The van der Waals surface area contributed by atoms with Crippen LogP contribution in [0.15, 0.2) is 77.7 Å². The number of methoxy groups -OCH3 is 1. The first-order chi connectivity index (χ1) is 14.3. The lowest BCUT2D eigenvalue weighted by molar-refractivity contribution is 0.0939. The largest absolute Gasteiger partial charge is 0.496 e. The van der Waals surface area contributed by atoms with Gasteiger partial charge in [-0.05, 0) is 49.7 Å². The van der Waals surface area contributed by atoms with Crippen LogP contribution in [-0.4, -0.2) is 21.4 Å². The van der Waals surface area contributed by atoms with Gasteiger partial charge in [0.1, 0.15) is 5.75 Å². The molecule has 0 unspecified atom stereocenters. The minimum atomic E-state index is -3.84. The first-order valence-electron chi connectivity index (χ1n) is 9.44. The van der Waals surface area contributed by atoms with Gasteiger partial charge >= 0.3 is 0 Å². The number of carbonyl (C=O) groups excluding carboxylic acids is 1. The van der Waals surface area contributed by atoms with Crippen molar-refractivity contribution in [2.45, 2.75) is 24.8 Å². The second-order valence-electron chi connectivity index (χ2n) is 6.89. The molecule has 3 rings (SSSR count). The highest BCUT2D eigenvalue weighted by Gasteiger charge is 2.21. The zero-order valence-corrected chi connectivity index (χ0v) is 17.9. The standard InChI is InChI=1S/C23H24N2O4S/c1-16-13-14-18(15-22(16)30(27,28)25-19-9-5-4-6-10-19)23(26)24-17(2)20-11-7-8-12-21(20)29-3/h4-15,17,25H,1-3H3,(H,24,26)/t17-/m1/s1. The van der Waals surface area contributed by atoms with E-state index in [9.17, 15) is 13.2 Å². The molecule has 6 nitrogen and oxygen atoms in total. The van der Waals surface area contributed by atoms with E-state index in [2.05, 4.69) is 10.0 Å². The highest BCUT2D eigenvalue weighted by molar-refractivity contribution is 7.92. The highest BCUT2D eigenvalue weighted by Crippen LogP contribution is 2.25. The molecule has 30 heavy (non-hydrogen) atoms. The molecule has 3 aromatic rings. The third-order valence-electron chi connectivity index (χ3n) is 4.72. The Balaban J connectivity index is 1.84. The van der Waals surface area contributed by atoms with Crippen LogP contribution in [0, 0.1) is 6.92 Å². The number of anilines is 1. The topological polar surface area (TPSA) is 84.5 Å². The molecule has 0 bridgehead atoms. The number of sulfonamides is 1. The summed E-state index contributed by atoms with van der Waals surface area (Å²) in [5.74, 6) is 0.300. The second kappa shape index (κ2) is 9.00. The lowest BCUT2D eigenvalue weighted by atomic mass is 10.1. The van der Waals surface area contributed by atoms with Gasteiger partial charge in [0.25, 0.3) is 15.9 Å². The molecule has 2 N–H and O–H groups in total. The average molecular weight is 425 g/mol. The number of para-hydroxylation sites is 2. The number of hydrogen-bond acceptors (Lipinski definition) is 4. The van der Waals surface area contributed by atoms with Crippen LogP contribution in [0.25, 0.3) is 0 Å². The molecule has 0 spiro atoms. The molecule has 0 aliphatic rings. The Morgan fingerprint density at radius 1 is 0.967 bits per heavy atom. The number of carbonyl (C=O) groups is 1. The molecule has 0 fully saturated rings. The van der Waals surface area contributed by atoms with E-state index < -0.39 is 10.0 Å². The molecule has 7 heteroatoms. The van der Waals surface area contributed by atoms with Gasteiger partial charge in [0.15, 0.2) is 0 Å². The summed E-state index contributed by atoms with van der Waals surface area (Å²) >= 11 is 0. The van der Waals surface area contributed by atoms with Crippen LogP contribution in [-0.2, 0) is 10.0 Å². The van der Waals surface area contributed by atoms with Crippen LogP contribution >= 0.6 is 0 Å². The number of nitrogens with one attached hydrogen (secondary N) is 2. The molecule has 0 aliphatic carbocycles. The lowest BCUT2D eigenvalue weighted by Gasteiger charge is -2.18. The minimum absolute atomic E-state index is 0.0592. The molecular formula is C23H24N2O4S. The molecule has 1 amide bonds. The van der Waals surface area contributed by atoms with Gasteiger partial charge in [-0.25, -0.2) is 8.42 Å². The number of ether oxygens (including phenoxy) is 1. The summed E-state index contributed by atoms with van der Waals surface area (Å²) in [5, 5.41) is 2.90. The number of aryl methyl sites for hydroxylation is 1. The van der Waals surface area contributed by atoms with Gasteiger partial charge in [0, 0.05) is 16.8 Å². The predicted octanol–water partition coefficient (Wildman–Crippen LogP) is 4.30. The van der Waals surface area contributed by atoms with E-state index in [0.29, 0.717) is 17.0 Å². The Morgan fingerprint density at radius 3 is 2.33 bits per heavy atom. The van der Waals surface area contributed by atoms with Gasteiger partial charge in [-0.1, -0.05) is 42.5 Å². The van der Waals surface area contributed by atoms with Gasteiger partial charge in [-0.3, -0.25) is 9.52 Å². The SMILES string of the molecule is COc1ccccc1[C@@H](C)NC(=O)c1ccc(C)c(S(=O)(=O)Nc2ccccc2)c1. The highest BCUT2D eigenvalue weighted by atomic mass is 32.2. The molecule has 0 aliphatic heterocycles. The normalized spacial score (nSPS) is 12.1. The monoisotopic (exact) mass is 424 g/mol. The lowest BCUT2D eigenvalue weighted by Crippen LogP contribution is -2.27. The minimum Gasteiger partial charge on any atom is -0.496 e. The van der Waals surface area contributed by atoms with E-state index in [1.165, 1.54) is 6.07 Å². The van der Waals surface area contributed by atoms with Crippen molar-refractivity contribution in [2.24, 2.45) is 0 Å². The summed E-state index contributed by atoms with van der Waals surface area (Å²) in [7, 11) is -2.27. The molecule has 156 valence electrons. The summed E-state index contributed by atoms with van der Waals surface area (Å²) < 4.78 is 33.6. The quantitative estimate of drug-likeness (QED) is 0.592. The average Bonchev–Trinajstić information content (AvgIpc) is 2.74. The van der Waals surface area contributed by atoms with E-state index >= 15 is 0 Å². The van der Waals surface area contributed by atoms with Crippen molar-refractivity contribution in [3.63, 3.8) is 0 Å². The van der Waals surface area contributed by atoms with Gasteiger partial charge in [0.05, 0.1) is 18.0 Å². The Morgan fingerprint density at radius 2 is 1.63 bits per heavy atom. The van der Waals surface area contributed by atoms with E-state index in [1.54, 1.807) is 56.5 Å². The molecular weight excluding hydrogens is 400 g/mol. The smallest absolute Gasteiger partial charge is 0.262 e. The van der Waals surface area contributed by atoms with Crippen LogP contribution < -0.4 is 14.8 Å². The first-order valence-corrected chi connectivity index (χ1v) is 10.9. The van der Waals surface area contributed by atoms with Crippen LogP contribution in [0.3, 0.4) is 0 Å². The molecule has 3 aromatic carbocycles. The van der Waals surface area contributed by atoms with Gasteiger partial charge in [0.2, 0.25) is 0 Å². The van der Waals surface area contributed by atoms with Crippen LogP contribution in [0.5, 0.6) is 5.75 Å². The Bertz CT molecular complexity index is 1140. The number of rotatable bonds is 7. The van der Waals surface area contributed by atoms with Crippen molar-refractivity contribution in [3.05, 3.63) is 89.5 Å². The zero-order valence-electron chi connectivity index (χ0n) is 17.0. The molecule has 0 saturated carbocycles. The maximum atomic E-state index is 12.9. The third kappa shape index (κ3) is 4.80. The number of hydrogen-bond donors (Lipinski definition) is 2. The summed E-state index contributed by atoms with van der Waals surface area (Å²) in [6.45, 7) is 3.54. The van der Waals surface area contributed by atoms with Crippen molar-refractivity contribution >= 4 is 21.6 Å². The molecule has 0 heterocycles. The molecule has 0 radical (unpaired) electrons. The van der Waals surface area contributed by atoms with Crippen LogP contribution in [0.4, 0.5) is 5.69 Å². The third-order valence-corrected chi connectivity index (χ3v) is 6.24. The van der Waals surface area contributed by atoms with Crippen molar-refractivity contribution < 1.29 is 17.9 Å².